The summed E-state index contributed by atoms with van der Waals surface area (Å²) in [7, 11) is 0. The average Bonchev–Trinajstić information content (AvgIpc) is 2.05. The lowest BCUT2D eigenvalue weighted by Crippen LogP contribution is -1.69. The second kappa shape index (κ2) is 8.44. The first-order valence-corrected chi connectivity index (χ1v) is 3.55. The number of nitrogens with zero attached hydrogens (tertiary/aromatic N) is 1. The molecule has 0 aromatic carbocycles. The number of aliphatic imine (C=N–C) groups is 1. The summed E-state index contributed by atoms with van der Waals surface area (Å²) in [5.41, 5.74) is 0.710. The molecular formula is C8H14ClN. The Hall–Kier alpha value is -0.560. The van der Waals surface area contributed by atoms with Crippen LogP contribution < -0.4 is 0 Å². The van der Waals surface area contributed by atoms with E-state index in [9.17, 15) is 0 Å². The van der Waals surface area contributed by atoms with E-state index in [4.69, 9.17) is 11.6 Å². The third kappa shape index (κ3) is 5.57. The van der Waals surface area contributed by atoms with Crippen LogP contribution in [-0.4, -0.2) is 6.72 Å². The van der Waals surface area contributed by atoms with Gasteiger partial charge in [0.05, 0.1) is 10.7 Å². The fourth-order valence-corrected chi connectivity index (χ4v) is 0.283. The Morgan fingerprint density at radius 2 is 1.90 bits per heavy atom. The molecule has 0 saturated carbocycles. The molecule has 0 aliphatic carbocycles. The fourth-order valence-electron chi connectivity index (χ4n) is 0.223. The molecule has 0 heterocycles. The lowest BCUT2D eigenvalue weighted by molar-refractivity contribution is 1.31. The maximum atomic E-state index is 5.54. The predicted molar refractivity (Wildman–Crippen MR) is 49.6 cm³/mol. The summed E-state index contributed by atoms with van der Waals surface area (Å²) < 4.78 is 0. The predicted octanol–water partition coefficient (Wildman–Crippen LogP) is 3.37. The highest BCUT2D eigenvalue weighted by atomic mass is 35.5. The number of hydrogen-bond donors (Lipinski definition) is 0. The second-order valence-electron chi connectivity index (χ2n) is 1.30. The first-order chi connectivity index (χ1) is 4.72. The van der Waals surface area contributed by atoms with Crippen molar-refractivity contribution in [2.45, 2.75) is 20.8 Å². The molecule has 0 rings (SSSR count). The Balaban J connectivity index is 0. The molecule has 0 aliphatic heterocycles. The van der Waals surface area contributed by atoms with Gasteiger partial charge in [0, 0.05) is 0 Å². The standard InChI is InChI=1S/C6H8ClN.C2H6/c1-4-6(7)5(2)8-3;1-2/h4H,1,3H2,2H3;1-2H3/b6-5+;. The molecule has 0 radical (unpaired) electrons. The number of allylic oxidation sites excluding steroid dienone is 3. The monoisotopic (exact) mass is 159 g/mol. The Morgan fingerprint density at radius 3 is 2.00 bits per heavy atom. The zero-order valence-electron chi connectivity index (χ0n) is 6.82. The van der Waals surface area contributed by atoms with Gasteiger partial charge in [-0.3, -0.25) is 4.99 Å². The number of rotatable bonds is 2. The maximum Gasteiger partial charge on any atom is 0.0611 e. The van der Waals surface area contributed by atoms with Crippen LogP contribution in [0.5, 0.6) is 0 Å². The van der Waals surface area contributed by atoms with Crippen molar-refractivity contribution in [1.82, 2.24) is 0 Å². The van der Waals surface area contributed by atoms with Gasteiger partial charge in [-0.25, -0.2) is 0 Å². The number of hydrogen-bond acceptors (Lipinski definition) is 1. The van der Waals surface area contributed by atoms with Crippen molar-refractivity contribution < 1.29 is 0 Å². The van der Waals surface area contributed by atoms with Crippen molar-refractivity contribution in [3.05, 3.63) is 23.4 Å². The molecule has 0 amide bonds. The SMILES string of the molecule is C=C/C(Cl)=C(/C)N=C.CC. The summed E-state index contributed by atoms with van der Waals surface area (Å²) in [4.78, 5) is 3.59. The smallest absolute Gasteiger partial charge is 0.0611 e. The lowest BCUT2D eigenvalue weighted by atomic mass is 10.4. The highest BCUT2D eigenvalue weighted by molar-refractivity contribution is 6.31. The molecule has 0 bridgehead atoms. The summed E-state index contributed by atoms with van der Waals surface area (Å²) in [6.45, 7) is 12.5. The van der Waals surface area contributed by atoms with E-state index >= 15 is 0 Å². The van der Waals surface area contributed by atoms with Gasteiger partial charge in [-0.15, -0.1) is 0 Å². The molecule has 0 aliphatic rings. The van der Waals surface area contributed by atoms with E-state index in [2.05, 4.69) is 18.3 Å². The van der Waals surface area contributed by atoms with Crippen molar-refractivity contribution in [2.75, 3.05) is 0 Å². The normalized spacial score (nSPS) is 10.4. The first-order valence-electron chi connectivity index (χ1n) is 3.18. The first kappa shape index (κ1) is 12.1. The molecule has 0 atom stereocenters. The largest absolute Gasteiger partial charge is 0.268 e. The van der Waals surface area contributed by atoms with Crippen LogP contribution in [-0.2, 0) is 0 Å². The quantitative estimate of drug-likeness (QED) is 0.433. The van der Waals surface area contributed by atoms with E-state index in [1.807, 2.05) is 13.8 Å². The molecule has 0 unspecified atom stereocenters. The minimum Gasteiger partial charge on any atom is -0.268 e. The maximum absolute atomic E-state index is 5.54. The molecule has 10 heavy (non-hydrogen) atoms. The van der Waals surface area contributed by atoms with E-state index in [-0.39, 0.29) is 0 Å². The molecule has 0 fully saturated rings. The van der Waals surface area contributed by atoms with Crippen molar-refractivity contribution in [3.63, 3.8) is 0 Å². The highest BCUT2D eigenvalue weighted by Gasteiger charge is 1.86. The van der Waals surface area contributed by atoms with Gasteiger partial charge in [0.15, 0.2) is 0 Å². The van der Waals surface area contributed by atoms with Gasteiger partial charge in [0.25, 0.3) is 0 Å². The highest BCUT2D eigenvalue weighted by Crippen LogP contribution is 2.09. The van der Waals surface area contributed by atoms with Crippen molar-refractivity contribution >= 4 is 18.3 Å². The van der Waals surface area contributed by atoms with Crippen molar-refractivity contribution in [3.8, 4) is 0 Å². The third-order valence-electron chi connectivity index (χ3n) is 0.762. The summed E-state index contributed by atoms with van der Waals surface area (Å²) in [5, 5.41) is 0.556. The Labute approximate surface area is 68.1 Å². The molecule has 58 valence electrons. The molecule has 0 N–H and O–H groups in total. The zero-order valence-corrected chi connectivity index (χ0v) is 7.57. The van der Waals surface area contributed by atoms with Crippen LogP contribution in [0.25, 0.3) is 0 Å². The van der Waals surface area contributed by atoms with Crippen molar-refractivity contribution in [1.29, 1.82) is 0 Å². The van der Waals surface area contributed by atoms with Crippen LogP contribution in [0.1, 0.15) is 20.8 Å². The van der Waals surface area contributed by atoms with E-state index in [1.165, 1.54) is 6.08 Å². The van der Waals surface area contributed by atoms with Crippen LogP contribution in [0.4, 0.5) is 0 Å². The third-order valence-corrected chi connectivity index (χ3v) is 1.19. The minimum atomic E-state index is 0.556. The molecule has 0 saturated heterocycles. The lowest BCUT2D eigenvalue weighted by Gasteiger charge is -1.89. The fraction of sp³-hybridized carbons (Fsp3) is 0.375. The van der Waals surface area contributed by atoms with E-state index < -0.39 is 0 Å². The summed E-state index contributed by atoms with van der Waals surface area (Å²) in [6, 6.07) is 0. The molecule has 0 spiro atoms. The summed E-state index contributed by atoms with van der Waals surface area (Å²) in [6.07, 6.45) is 1.53. The number of halogens is 1. The molecule has 0 aromatic rings. The summed E-state index contributed by atoms with van der Waals surface area (Å²) >= 11 is 5.54. The van der Waals surface area contributed by atoms with Crippen LogP contribution >= 0.6 is 11.6 Å². The van der Waals surface area contributed by atoms with E-state index in [1.54, 1.807) is 6.92 Å². The Morgan fingerprint density at radius 1 is 1.50 bits per heavy atom. The zero-order chi connectivity index (χ0) is 8.57. The van der Waals surface area contributed by atoms with Gasteiger partial charge in [-0.1, -0.05) is 32.0 Å². The average molecular weight is 160 g/mol. The van der Waals surface area contributed by atoms with E-state index in [0.29, 0.717) is 10.7 Å². The second-order valence-corrected chi connectivity index (χ2v) is 1.70. The van der Waals surface area contributed by atoms with Crippen LogP contribution in [0, 0.1) is 0 Å². The molecule has 1 nitrogen and oxygen atoms in total. The van der Waals surface area contributed by atoms with Gasteiger partial charge in [-0.2, -0.15) is 0 Å². The molecular weight excluding hydrogens is 146 g/mol. The summed E-state index contributed by atoms with van der Waals surface area (Å²) in [5.74, 6) is 0. The van der Waals surface area contributed by atoms with Gasteiger partial charge in [0.2, 0.25) is 0 Å². The van der Waals surface area contributed by atoms with Gasteiger partial charge in [0.1, 0.15) is 0 Å². The topological polar surface area (TPSA) is 12.4 Å². The van der Waals surface area contributed by atoms with Crippen molar-refractivity contribution in [2.24, 2.45) is 4.99 Å². The van der Waals surface area contributed by atoms with Gasteiger partial charge >= 0.3 is 0 Å². The van der Waals surface area contributed by atoms with Gasteiger partial charge in [-0.05, 0) is 19.7 Å². The molecule has 2 heteroatoms. The van der Waals surface area contributed by atoms with E-state index in [0.717, 1.165) is 0 Å². The van der Waals surface area contributed by atoms with Crippen LogP contribution in [0.3, 0.4) is 0 Å². The molecule has 0 aromatic heterocycles. The van der Waals surface area contributed by atoms with Gasteiger partial charge < -0.3 is 0 Å². The minimum absolute atomic E-state index is 0.556. The van der Waals surface area contributed by atoms with Crippen LogP contribution in [0.15, 0.2) is 28.4 Å². The van der Waals surface area contributed by atoms with Crippen LogP contribution in [0.2, 0.25) is 0 Å². The Bertz CT molecular complexity index is 120. The Kier molecular flexibility index (Phi) is 10.3.